The van der Waals surface area contributed by atoms with Crippen molar-refractivity contribution in [3.05, 3.63) is 12.2 Å². The van der Waals surface area contributed by atoms with Crippen LogP contribution in [0.25, 0.3) is 0 Å². The summed E-state index contributed by atoms with van der Waals surface area (Å²) in [5.74, 6) is 10.7. The van der Waals surface area contributed by atoms with Gasteiger partial charge in [0.15, 0.2) is 0 Å². The maximum atomic E-state index is 3.97. The van der Waals surface area contributed by atoms with Gasteiger partial charge in [0, 0.05) is 19.3 Å². The summed E-state index contributed by atoms with van der Waals surface area (Å²) in [7, 11) is -1.40. The van der Waals surface area contributed by atoms with Crippen LogP contribution in [-0.4, -0.2) is 8.07 Å². The highest BCUT2D eigenvalue weighted by Crippen LogP contribution is 2.39. The van der Waals surface area contributed by atoms with Gasteiger partial charge in [-0.05, 0) is 30.2 Å². The van der Waals surface area contributed by atoms with Gasteiger partial charge in [-0.15, -0.1) is 23.3 Å². The van der Waals surface area contributed by atoms with Gasteiger partial charge in [-0.1, -0.05) is 46.0 Å². The van der Waals surface area contributed by atoms with E-state index in [0.717, 1.165) is 31.6 Å². The van der Waals surface area contributed by atoms with Gasteiger partial charge in [-0.3, -0.25) is 0 Å². The molecule has 0 aromatic carbocycles. The summed E-state index contributed by atoms with van der Waals surface area (Å²) in [5.41, 5.74) is 4.98. The lowest BCUT2D eigenvalue weighted by molar-refractivity contribution is 0.730. The van der Waals surface area contributed by atoms with Crippen LogP contribution in [-0.2, 0) is 0 Å². The Morgan fingerprint density at radius 1 is 1.10 bits per heavy atom. The molecule has 1 aliphatic carbocycles. The van der Waals surface area contributed by atoms with Crippen molar-refractivity contribution in [1.82, 2.24) is 0 Å². The van der Waals surface area contributed by atoms with Crippen LogP contribution in [0.5, 0.6) is 0 Å². The fourth-order valence-corrected chi connectivity index (χ4v) is 2.67. The Hall–Kier alpha value is -0.923. The molecule has 0 aromatic rings. The van der Waals surface area contributed by atoms with Gasteiger partial charge in [0.05, 0.1) is 0 Å². The predicted molar refractivity (Wildman–Crippen MR) is 93.1 cm³/mol. The number of hydrogen-bond donors (Lipinski definition) is 0. The quantitative estimate of drug-likeness (QED) is 0.274. The van der Waals surface area contributed by atoms with E-state index in [1.807, 2.05) is 0 Å². The highest BCUT2D eigenvalue weighted by Gasteiger charge is 2.33. The first-order valence-electron chi connectivity index (χ1n) is 7.87. The molecule has 1 aliphatic rings. The Kier molecular flexibility index (Phi) is 6.16. The molecule has 20 heavy (non-hydrogen) atoms. The SMILES string of the molecule is C=C1CC1CCC#CCCCC#C[Si](C)(C)C(C)(C)C. The number of hydrogen-bond acceptors (Lipinski definition) is 0. The van der Waals surface area contributed by atoms with E-state index in [-0.39, 0.29) is 0 Å². The molecule has 0 bridgehead atoms. The zero-order valence-electron chi connectivity index (χ0n) is 14.0. The smallest absolute Gasteiger partial charge is 0.131 e. The molecule has 1 unspecified atom stereocenters. The highest BCUT2D eigenvalue weighted by molar-refractivity contribution is 6.87. The molecule has 0 radical (unpaired) electrons. The third-order valence-corrected chi connectivity index (χ3v) is 9.10. The Morgan fingerprint density at radius 3 is 2.20 bits per heavy atom. The van der Waals surface area contributed by atoms with Crippen LogP contribution in [0.2, 0.25) is 18.1 Å². The molecule has 0 nitrogen and oxygen atoms in total. The summed E-state index contributed by atoms with van der Waals surface area (Å²) >= 11 is 0. The molecule has 1 rings (SSSR count). The Bertz CT molecular complexity index is 454. The third-order valence-electron chi connectivity index (χ3n) is 4.55. The predicted octanol–water partition coefficient (Wildman–Crippen LogP) is 5.57. The van der Waals surface area contributed by atoms with Gasteiger partial charge in [-0.2, -0.15) is 0 Å². The molecule has 0 spiro atoms. The second-order valence-corrected chi connectivity index (χ2v) is 12.5. The van der Waals surface area contributed by atoms with Crippen molar-refractivity contribution in [3.63, 3.8) is 0 Å². The van der Waals surface area contributed by atoms with E-state index in [9.17, 15) is 0 Å². The van der Waals surface area contributed by atoms with Crippen molar-refractivity contribution in [2.24, 2.45) is 5.92 Å². The second-order valence-electron chi connectivity index (χ2n) is 7.48. The molecular weight excluding hydrogens is 256 g/mol. The number of rotatable bonds is 4. The van der Waals surface area contributed by atoms with Crippen LogP contribution in [0, 0.1) is 29.2 Å². The summed E-state index contributed by atoms with van der Waals surface area (Å²) in [5, 5.41) is 0.368. The van der Waals surface area contributed by atoms with Crippen LogP contribution in [0.15, 0.2) is 12.2 Å². The minimum atomic E-state index is -1.40. The van der Waals surface area contributed by atoms with Crippen LogP contribution in [0.3, 0.4) is 0 Å². The summed E-state index contributed by atoms with van der Waals surface area (Å²) in [4.78, 5) is 0. The first-order valence-corrected chi connectivity index (χ1v) is 10.9. The van der Waals surface area contributed by atoms with Crippen LogP contribution >= 0.6 is 0 Å². The van der Waals surface area contributed by atoms with Gasteiger partial charge in [-0.25, -0.2) is 0 Å². The summed E-state index contributed by atoms with van der Waals surface area (Å²) in [6.07, 6.45) is 6.62. The van der Waals surface area contributed by atoms with E-state index in [2.05, 4.69) is 63.7 Å². The number of unbranched alkanes of at least 4 members (excludes halogenated alkanes) is 2. The van der Waals surface area contributed by atoms with E-state index in [1.165, 1.54) is 18.4 Å². The van der Waals surface area contributed by atoms with Gasteiger partial charge >= 0.3 is 0 Å². The Balaban J connectivity index is 2.13. The molecule has 0 aromatic heterocycles. The zero-order chi connectivity index (χ0) is 15.2. The van der Waals surface area contributed by atoms with E-state index in [0.29, 0.717) is 5.04 Å². The van der Waals surface area contributed by atoms with Gasteiger partial charge in [0.2, 0.25) is 0 Å². The third kappa shape index (κ3) is 6.02. The molecular formula is C19H30Si. The summed E-state index contributed by atoms with van der Waals surface area (Å²) in [6, 6.07) is 0. The monoisotopic (exact) mass is 286 g/mol. The Labute approximate surface area is 127 Å². The molecule has 0 saturated heterocycles. The average molecular weight is 287 g/mol. The zero-order valence-corrected chi connectivity index (χ0v) is 15.0. The van der Waals surface area contributed by atoms with Crippen molar-refractivity contribution in [1.29, 1.82) is 0 Å². The second kappa shape index (κ2) is 7.19. The topological polar surface area (TPSA) is 0 Å². The molecule has 1 heteroatoms. The largest absolute Gasteiger partial charge is 0.137 e. The van der Waals surface area contributed by atoms with Crippen LogP contribution in [0.1, 0.15) is 59.3 Å². The maximum absolute atomic E-state index is 3.97. The van der Waals surface area contributed by atoms with Crippen molar-refractivity contribution in [2.45, 2.75) is 77.4 Å². The lowest BCUT2D eigenvalue weighted by Crippen LogP contribution is -2.35. The molecule has 1 saturated carbocycles. The fourth-order valence-electron chi connectivity index (χ4n) is 1.72. The van der Waals surface area contributed by atoms with E-state index >= 15 is 0 Å². The molecule has 0 aliphatic heterocycles. The van der Waals surface area contributed by atoms with Crippen molar-refractivity contribution >= 4 is 8.07 Å². The molecule has 1 fully saturated rings. The first kappa shape index (κ1) is 17.1. The minimum absolute atomic E-state index is 0.368. The first-order chi connectivity index (χ1) is 9.24. The van der Waals surface area contributed by atoms with Crippen LogP contribution < -0.4 is 0 Å². The summed E-state index contributed by atoms with van der Waals surface area (Å²) in [6.45, 7) is 15.6. The normalized spacial score (nSPS) is 17.9. The molecule has 0 N–H and O–H groups in total. The Morgan fingerprint density at radius 2 is 1.65 bits per heavy atom. The van der Waals surface area contributed by atoms with Gasteiger partial charge < -0.3 is 0 Å². The molecule has 0 amide bonds. The maximum Gasteiger partial charge on any atom is 0.137 e. The number of allylic oxidation sites excluding steroid dienone is 1. The lowest BCUT2D eigenvalue weighted by Gasteiger charge is -2.31. The average Bonchev–Trinajstić information content (AvgIpc) is 3.01. The van der Waals surface area contributed by atoms with Gasteiger partial charge in [0.1, 0.15) is 8.07 Å². The standard InChI is InChI=1S/C19H30Si/c1-17-16-18(17)14-12-10-8-7-9-11-13-15-20(5,6)19(2,3)4/h18H,1,7,9,11-12,14,16H2,2-6H3. The minimum Gasteiger partial charge on any atom is -0.131 e. The molecule has 1 atom stereocenters. The lowest BCUT2D eigenvalue weighted by atomic mass is 10.2. The van der Waals surface area contributed by atoms with E-state index in [1.54, 1.807) is 0 Å². The van der Waals surface area contributed by atoms with Gasteiger partial charge in [0.25, 0.3) is 0 Å². The molecule has 0 heterocycles. The van der Waals surface area contributed by atoms with Crippen molar-refractivity contribution in [3.8, 4) is 23.3 Å². The van der Waals surface area contributed by atoms with E-state index in [4.69, 9.17) is 0 Å². The van der Waals surface area contributed by atoms with Crippen molar-refractivity contribution < 1.29 is 0 Å². The van der Waals surface area contributed by atoms with E-state index < -0.39 is 8.07 Å². The molecule has 110 valence electrons. The fraction of sp³-hybridized carbons (Fsp3) is 0.684. The van der Waals surface area contributed by atoms with Crippen LogP contribution in [0.4, 0.5) is 0 Å². The van der Waals surface area contributed by atoms with Crippen molar-refractivity contribution in [2.75, 3.05) is 0 Å². The highest BCUT2D eigenvalue weighted by atomic mass is 28.3. The summed E-state index contributed by atoms with van der Waals surface area (Å²) < 4.78 is 0.